The predicted molar refractivity (Wildman–Crippen MR) is 131 cm³/mol. The predicted octanol–water partition coefficient (Wildman–Crippen LogP) is 5.67. The van der Waals surface area contributed by atoms with E-state index >= 15 is 0 Å². The van der Waals surface area contributed by atoms with Crippen molar-refractivity contribution in [2.75, 3.05) is 18.0 Å². The Balaban J connectivity index is 1.46. The van der Waals surface area contributed by atoms with Crippen molar-refractivity contribution in [2.24, 2.45) is 0 Å². The third kappa shape index (κ3) is 3.54. The maximum Gasteiger partial charge on any atom is 0.191 e. The van der Waals surface area contributed by atoms with Crippen LogP contribution in [0.15, 0.2) is 67.3 Å². The van der Waals surface area contributed by atoms with Gasteiger partial charge in [0.2, 0.25) is 0 Å². The first-order valence-corrected chi connectivity index (χ1v) is 11.3. The van der Waals surface area contributed by atoms with Crippen molar-refractivity contribution < 1.29 is 4.79 Å². The number of ketones is 1. The average Bonchev–Trinajstić information content (AvgIpc) is 3.32. The first kappa shape index (κ1) is 20.3. The molecule has 0 atom stereocenters. The van der Waals surface area contributed by atoms with E-state index < -0.39 is 0 Å². The van der Waals surface area contributed by atoms with Crippen molar-refractivity contribution in [2.45, 2.75) is 32.7 Å². The first-order chi connectivity index (χ1) is 15.7. The largest absolute Gasteiger partial charge is 0.372 e. The van der Waals surface area contributed by atoms with Crippen molar-refractivity contribution >= 4 is 34.2 Å². The second-order valence-electron chi connectivity index (χ2n) is 8.42. The lowest BCUT2D eigenvalue weighted by Crippen LogP contribution is -2.29. The number of benzene rings is 2. The molecule has 0 bridgehead atoms. The minimum atomic E-state index is -0.0364. The molecule has 4 aromatic rings. The summed E-state index contributed by atoms with van der Waals surface area (Å²) in [5.41, 5.74) is 6.51. The Hall–Kier alpha value is -3.60. The Morgan fingerprint density at radius 3 is 2.47 bits per heavy atom. The van der Waals surface area contributed by atoms with E-state index in [1.807, 2.05) is 41.8 Å². The monoisotopic (exact) mass is 424 g/mol. The number of allylic oxidation sites excluding steroid dienone is 2. The van der Waals surface area contributed by atoms with Gasteiger partial charge in [-0.05, 0) is 62.1 Å². The fraction of sp³-hybridized carbons (Fsp3) is 0.259. The van der Waals surface area contributed by atoms with Gasteiger partial charge in [0.25, 0.3) is 0 Å². The molecule has 1 aliphatic heterocycles. The molecule has 1 fully saturated rings. The summed E-state index contributed by atoms with van der Waals surface area (Å²) in [6, 6.07) is 16.6. The van der Waals surface area contributed by atoms with Crippen LogP contribution in [0.3, 0.4) is 0 Å². The lowest BCUT2D eigenvalue weighted by molar-refractivity contribution is 0.104. The summed E-state index contributed by atoms with van der Waals surface area (Å²) in [7, 11) is 0. The molecule has 0 aliphatic carbocycles. The highest BCUT2D eigenvalue weighted by Crippen LogP contribution is 2.26. The van der Waals surface area contributed by atoms with Gasteiger partial charge in [-0.3, -0.25) is 4.79 Å². The minimum Gasteiger partial charge on any atom is -0.372 e. The highest BCUT2D eigenvalue weighted by molar-refractivity contribution is 6.12. The maximum absolute atomic E-state index is 13.3. The summed E-state index contributed by atoms with van der Waals surface area (Å²) >= 11 is 0. The number of hydrogen-bond acceptors (Lipinski definition) is 3. The van der Waals surface area contributed by atoms with Crippen LogP contribution in [0.25, 0.3) is 22.8 Å². The van der Waals surface area contributed by atoms with Crippen LogP contribution in [0, 0.1) is 6.92 Å². The van der Waals surface area contributed by atoms with E-state index in [9.17, 15) is 4.79 Å². The van der Waals surface area contributed by atoms with Gasteiger partial charge in [-0.2, -0.15) is 5.10 Å². The highest BCUT2D eigenvalue weighted by Gasteiger charge is 2.21. The minimum absolute atomic E-state index is 0.0364. The van der Waals surface area contributed by atoms with E-state index in [0.29, 0.717) is 12.1 Å². The zero-order valence-electron chi connectivity index (χ0n) is 18.5. The van der Waals surface area contributed by atoms with Gasteiger partial charge in [-0.25, -0.2) is 4.52 Å². The molecule has 1 aliphatic rings. The lowest BCUT2D eigenvalue weighted by atomic mass is 10.1. The van der Waals surface area contributed by atoms with Crippen LogP contribution >= 0.6 is 0 Å². The Labute approximate surface area is 188 Å². The molecular weight excluding hydrogens is 396 g/mol. The molecule has 0 unspecified atom stereocenters. The molecule has 1 saturated heterocycles. The molecule has 0 N–H and O–H groups in total. The zero-order valence-corrected chi connectivity index (χ0v) is 18.5. The topological polar surface area (TPSA) is 42.5 Å². The van der Waals surface area contributed by atoms with Crippen LogP contribution in [-0.2, 0) is 6.54 Å². The van der Waals surface area contributed by atoms with Gasteiger partial charge in [-0.15, -0.1) is 6.58 Å². The van der Waals surface area contributed by atoms with Crippen molar-refractivity contribution in [3.8, 4) is 0 Å². The summed E-state index contributed by atoms with van der Waals surface area (Å²) < 4.78 is 3.99. The number of aromatic nitrogens is 3. The van der Waals surface area contributed by atoms with Gasteiger partial charge < -0.3 is 9.47 Å². The lowest BCUT2D eigenvalue weighted by Gasteiger charge is -2.28. The summed E-state index contributed by atoms with van der Waals surface area (Å²) in [6.45, 7) is 8.66. The number of aryl methyl sites for hydroxylation is 1. The van der Waals surface area contributed by atoms with Gasteiger partial charge in [0.1, 0.15) is 5.65 Å². The van der Waals surface area contributed by atoms with E-state index in [-0.39, 0.29) is 5.78 Å². The zero-order chi connectivity index (χ0) is 22.1. The van der Waals surface area contributed by atoms with Crippen molar-refractivity contribution in [1.29, 1.82) is 0 Å². The molecule has 5 heteroatoms. The number of carbonyl (C=O) groups excluding carboxylic acids is 1. The van der Waals surface area contributed by atoms with Crippen molar-refractivity contribution in [1.82, 2.24) is 14.2 Å². The molecular formula is C27H28N4O. The van der Waals surface area contributed by atoms with Crippen molar-refractivity contribution in [3.05, 3.63) is 84.1 Å². The number of piperidine rings is 1. The molecule has 32 heavy (non-hydrogen) atoms. The fourth-order valence-corrected chi connectivity index (χ4v) is 4.72. The van der Waals surface area contributed by atoms with Crippen LogP contribution < -0.4 is 4.90 Å². The second-order valence-corrected chi connectivity index (χ2v) is 8.42. The standard InChI is InChI=1S/C27H28N4O/c1-3-17-30-23-9-5-6-10-24(23)31-27(30)26(20(2)28-31)25(32)16-13-21-11-14-22(15-12-21)29-18-7-4-8-19-29/h3,5-6,9-16H,1,4,7-8,17-19H2,2H3/b16-13+. The van der Waals surface area contributed by atoms with Crippen LogP contribution in [-0.4, -0.2) is 33.1 Å². The average molecular weight is 425 g/mol. The van der Waals surface area contributed by atoms with E-state index in [1.54, 1.807) is 6.08 Å². The second kappa shape index (κ2) is 8.50. The SMILES string of the molecule is C=CCn1c2ccccc2n2nc(C)c(C(=O)/C=C/c3ccc(N4CCCCC4)cc3)c12. The fourth-order valence-electron chi connectivity index (χ4n) is 4.72. The normalized spacial score (nSPS) is 14.6. The van der Waals surface area contributed by atoms with E-state index in [4.69, 9.17) is 0 Å². The Bertz CT molecular complexity index is 1320. The molecule has 0 amide bonds. The summed E-state index contributed by atoms with van der Waals surface area (Å²) in [4.78, 5) is 15.7. The van der Waals surface area contributed by atoms with Crippen LogP contribution in [0.4, 0.5) is 5.69 Å². The van der Waals surface area contributed by atoms with Crippen LogP contribution in [0.1, 0.15) is 40.9 Å². The van der Waals surface area contributed by atoms with Gasteiger partial charge in [0, 0.05) is 25.3 Å². The molecule has 2 aromatic carbocycles. The maximum atomic E-state index is 13.3. The number of anilines is 1. The summed E-state index contributed by atoms with van der Waals surface area (Å²) in [5, 5.41) is 4.68. The molecule has 0 saturated carbocycles. The van der Waals surface area contributed by atoms with Crippen LogP contribution in [0.5, 0.6) is 0 Å². The van der Waals surface area contributed by atoms with Gasteiger partial charge >= 0.3 is 0 Å². The Kier molecular flexibility index (Phi) is 5.39. The number of rotatable bonds is 6. The van der Waals surface area contributed by atoms with E-state index in [0.717, 1.165) is 41.0 Å². The highest BCUT2D eigenvalue weighted by atomic mass is 16.1. The molecule has 5 rings (SSSR count). The Morgan fingerprint density at radius 1 is 1.03 bits per heavy atom. The molecule has 162 valence electrons. The number of fused-ring (bicyclic) bond motifs is 3. The molecule has 3 heterocycles. The van der Waals surface area contributed by atoms with Gasteiger partial charge in [-0.1, -0.05) is 36.4 Å². The summed E-state index contributed by atoms with van der Waals surface area (Å²) in [5.74, 6) is -0.0364. The van der Waals surface area contributed by atoms with E-state index in [2.05, 4.69) is 51.5 Å². The third-order valence-electron chi connectivity index (χ3n) is 6.29. The molecule has 0 spiro atoms. The smallest absolute Gasteiger partial charge is 0.191 e. The Morgan fingerprint density at radius 2 is 1.75 bits per heavy atom. The number of imidazole rings is 1. The third-order valence-corrected chi connectivity index (χ3v) is 6.29. The van der Waals surface area contributed by atoms with Crippen LogP contribution in [0.2, 0.25) is 0 Å². The van der Waals surface area contributed by atoms with Gasteiger partial charge in [0.05, 0.1) is 22.3 Å². The number of para-hydroxylation sites is 2. The first-order valence-electron chi connectivity index (χ1n) is 11.3. The quantitative estimate of drug-likeness (QED) is 0.228. The number of carbonyl (C=O) groups is 1. The molecule has 5 nitrogen and oxygen atoms in total. The van der Waals surface area contributed by atoms with Crippen molar-refractivity contribution in [3.63, 3.8) is 0 Å². The molecule has 0 radical (unpaired) electrons. The number of hydrogen-bond donors (Lipinski definition) is 0. The summed E-state index contributed by atoms with van der Waals surface area (Å²) in [6.07, 6.45) is 9.26. The van der Waals surface area contributed by atoms with E-state index in [1.165, 1.54) is 24.9 Å². The number of nitrogens with zero attached hydrogens (tertiary/aromatic N) is 4. The van der Waals surface area contributed by atoms with Gasteiger partial charge in [0.15, 0.2) is 5.78 Å². The molecule has 2 aromatic heterocycles.